The maximum Gasteiger partial charge on any atom is 0.408 e. The van der Waals surface area contributed by atoms with Gasteiger partial charge in [0.2, 0.25) is 5.91 Å². The van der Waals surface area contributed by atoms with Crippen molar-refractivity contribution in [3.8, 4) is 0 Å². The Bertz CT molecular complexity index is 772. The van der Waals surface area contributed by atoms with E-state index in [1.54, 1.807) is 20.8 Å². The van der Waals surface area contributed by atoms with Gasteiger partial charge >= 0.3 is 6.09 Å². The lowest BCUT2D eigenvalue weighted by molar-refractivity contribution is -0.123. The Labute approximate surface area is 147 Å². The molecular formula is C19H25N3O3. The Kier molecular flexibility index (Phi) is 4.70. The normalized spacial score (nSPS) is 15.6. The highest BCUT2D eigenvalue weighted by molar-refractivity contribution is 5.88. The van der Waals surface area contributed by atoms with E-state index in [0.29, 0.717) is 6.42 Å². The maximum atomic E-state index is 12.6. The third-order valence-electron chi connectivity index (χ3n) is 4.03. The summed E-state index contributed by atoms with van der Waals surface area (Å²) in [5.74, 6) is -0.168. The number of rotatable bonds is 5. The highest BCUT2D eigenvalue weighted by Crippen LogP contribution is 2.21. The average Bonchev–Trinajstić information content (AvgIpc) is 3.24. The first kappa shape index (κ1) is 17.3. The lowest BCUT2D eigenvalue weighted by atomic mass is 10.0. The van der Waals surface area contributed by atoms with Crippen LogP contribution in [-0.4, -0.2) is 34.7 Å². The van der Waals surface area contributed by atoms with Gasteiger partial charge in [-0.05, 0) is 45.2 Å². The van der Waals surface area contributed by atoms with Gasteiger partial charge in [-0.3, -0.25) is 4.79 Å². The Morgan fingerprint density at radius 2 is 2.00 bits per heavy atom. The van der Waals surface area contributed by atoms with Crippen LogP contribution in [-0.2, 0) is 16.0 Å². The molecule has 1 heterocycles. The number of alkyl carbamates (subject to hydrolysis) is 1. The quantitative estimate of drug-likeness (QED) is 0.780. The van der Waals surface area contributed by atoms with Gasteiger partial charge in [0.15, 0.2) is 0 Å². The standard InChI is InChI=1S/C19H25N3O3/c1-19(2,3)25-18(24)22-16(17(23)21-13-8-9-13)10-12-11-20-15-7-5-4-6-14(12)15/h4-7,11,13,16,20H,8-10H2,1-3H3,(H,21,23)(H,22,24)/t16-/m0/s1. The minimum absolute atomic E-state index is 0.168. The second-order valence-electron chi connectivity index (χ2n) is 7.55. The molecular weight excluding hydrogens is 318 g/mol. The zero-order valence-corrected chi connectivity index (χ0v) is 14.9. The number of H-pyrrole nitrogens is 1. The van der Waals surface area contributed by atoms with Crippen LogP contribution in [0.5, 0.6) is 0 Å². The molecule has 3 rings (SSSR count). The molecule has 1 aliphatic rings. The molecule has 134 valence electrons. The van der Waals surface area contributed by atoms with Gasteiger partial charge < -0.3 is 20.4 Å². The van der Waals surface area contributed by atoms with Crippen LogP contribution in [0.1, 0.15) is 39.2 Å². The fraction of sp³-hybridized carbons (Fsp3) is 0.474. The number of benzene rings is 1. The molecule has 1 saturated carbocycles. The fourth-order valence-electron chi connectivity index (χ4n) is 2.71. The average molecular weight is 343 g/mol. The number of para-hydroxylation sites is 1. The molecule has 0 saturated heterocycles. The molecule has 25 heavy (non-hydrogen) atoms. The first-order chi connectivity index (χ1) is 11.8. The van der Waals surface area contributed by atoms with Gasteiger partial charge in [-0.2, -0.15) is 0 Å². The van der Waals surface area contributed by atoms with Crippen molar-refractivity contribution in [2.75, 3.05) is 0 Å². The van der Waals surface area contributed by atoms with Crippen molar-refractivity contribution in [3.63, 3.8) is 0 Å². The maximum absolute atomic E-state index is 12.6. The fourth-order valence-corrected chi connectivity index (χ4v) is 2.71. The Morgan fingerprint density at radius 3 is 2.68 bits per heavy atom. The van der Waals surface area contributed by atoms with Gasteiger partial charge in [0.25, 0.3) is 0 Å². The molecule has 2 aromatic rings. The van der Waals surface area contributed by atoms with Gasteiger partial charge in [0.05, 0.1) is 0 Å². The third kappa shape index (κ3) is 4.75. The lowest BCUT2D eigenvalue weighted by Crippen LogP contribution is -2.49. The van der Waals surface area contributed by atoms with Gasteiger partial charge in [-0.1, -0.05) is 18.2 Å². The van der Waals surface area contributed by atoms with E-state index >= 15 is 0 Å². The van der Waals surface area contributed by atoms with Crippen molar-refractivity contribution in [1.82, 2.24) is 15.6 Å². The summed E-state index contributed by atoms with van der Waals surface area (Å²) < 4.78 is 5.31. The minimum atomic E-state index is -0.672. The van der Waals surface area contributed by atoms with Crippen molar-refractivity contribution >= 4 is 22.9 Å². The zero-order valence-electron chi connectivity index (χ0n) is 14.9. The summed E-state index contributed by atoms with van der Waals surface area (Å²) in [6, 6.07) is 7.47. The van der Waals surface area contributed by atoms with E-state index in [-0.39, 0.29) is 11.9 Å². The summed E-state index contributed by atoms with van der Waals surface area (Å²) in [5, 5.41) is 6.74. The lowest BCUT2D eigenvalue weighted by Gasteiger charge is -2.23. The Hall–Kier alpha value is -2.50. The summed E-state index contributed by atoms with van der Waals surface area (Å²) >= 11 is 0. The van der Waals surface area contributed by atoms with Crippen molar-refractivity contribution < 1.29 is 14.3 Å². The van der Waals surface area contributed by atoms with E-state index in [4.69, 9.17) is 4.74 Å². The van der Waals surface area contributed by atoms with Gasteiger partial charge in [-0.25, -0.2) is 4.79 Å². The number of aromatic amines is 1. The van der Waals surface area contributed by atoms with Crippen molar-refractivity contribution in [1.29, 1.82) is 0 Å². The molecule has 0 aliphatic heterocycles. The van der Waals surface area contributed by atoms with Gasteiger partial charge in [-0.15, -0.1) is 0 Å². The Morgan fingerprint density at radius 1 is 1.28 bits per heavy atom. The molecule has 1 aliphatic carbocycles. The monoisotopic (exact) mass is 343 g/mol. The zero-order chi connectivity index (χ0) is 18.0. The van der Waals surface area contributed by atoms with Crippen LogP contribution in [0, 0.1) is 0 Å². The summed E-state index contributed by atoms with van der Waals surface area (Å²) in [6.45, 7) is 5.39. The molecule has 1 atom stereocenters. The van der Waals surface area contributed by atoms with Crippen LogP contribution in [0.4, 0.5) is 4.79 Å². The first-order valence-electron chi connectivity index (χ1n) is 8.67. The molecule has 6 heteroatoms. The summed E-state index contributed by atoms with van der Waals surface area (Å²) in [5.41, 5.74) is 1.39. The van der Waals surface area contributed by atoms with Crippen LogP contribution in [0.2, 0.25) is 0 Å². The highest BCUT2D eigenvalue weighted by Gasteiger charge is 2.30. The molecule has 0 unspecified atom stereocenters. The number of nitrogens with one attached hydrogen (secondary N) is 3. The van der Waals surface area contributed by atoms with E-state index in [9.17, 15) is 9.59 Å². The molecule has 2 amide bonds. The van der Waals surface area contributed by atoms with Crippen LogP contribution in [0.15, 0.2) is 30.5 Å². The molecule has 3 N–H and O–H groups in total. The predicted molar refractivity (Wildman–Crippen MR) is 96.3 cm³/mol. The largest absolute Gasteiger partial charge is 0.444 e. The van der Waals surface area contributed by atoms with Crippen LogP contribution in [0.3, 0.4) is 0 Å². The number of hydrogen-bond donors (Lipinski definition) is 3. The molecule has 0 bridgehead atoms. The first-order valence-corrected chi connectivity index (χ1v) is 8.67. The second kappa shape index (κ2) is 6.78. The molecule has 0 spiro atoms. The second-order valence-corrected chi connectivity index (χ2v) is 7.55. The molecule has 1 aromatic carbocycles. The topological polar surface area (TPSA) is 83.2 Å². The minimum Gasteiger partial charge on any atom is -0.444 e. The van der Waals surface area contributed by atoms with E-state index in [1.165, 1.54) is 0 Å². The summed E-state index contributed by atoms with van der Waals surface area (Å²) in [4.78, 5) is 27.9. The number of amides is 2. The number of aromatic nitrogens is 1. The van der Waals surface area contributed by atoms with E-state index in [2.05, 4.69) is 15.6 Å². The highest BCUT2D eigenvalue weighted by atomic mass is 16.6. The molecule has 1 aromatic heterocycles. The van der Waals surface area contributed by atoms with E-state index < -0.39 is 17.7 Å². The molecule has 0 radical (unpaired) electrons. The number of carbonyl (C=O) groups excluding carboxylic acids is 2. The molecule has 6 nitrogen and oxygen atoms in total. The summed E-state index contributed by atoms with van der Waals surface area (Å²) in [6.07, 6.45) is 3.71. The van der Waals surface area contributed by atoms with E-state index in [0.717, 1.165) is 29.3 Å². The van der Waals surface area contributed by atoms with Crippen molar-refractivity contribution in [2.24, 2.45) is 0 Å². The third-order valence-corrected chi connectivity index (χ3v) is 4.03. The van der Waals surface area contributed by atoms with Gasteiger partial charge in [0.1, 0.15) is 11.6 Å². The van der Waals surface area contributed by atoms with Crippen LogP contribution < -0.4 is 10.6 Å². The van der Waals surface area contributed by atoms with Crippen LogP contribution >= 0.6 is 0 Å². The number of fused-ring (bicyclic) bond motifs is 1. The smallest absolute Gasteiger partial charge is 0.408 e. The Balaban J connectivity index is 1.75. The SMILES string of the molecule is CC(C)(C)OC(=O)N[C@@H](Cc1c[nH]c2ccccc12)C(=O)NC1CC1. The number of hydrogen-bond acceptors (Lipinski definition) is 3. The van der Waals surface area contributed by atoms with Crippen LogP contribution in [0.25, 0.3) is 10.9 Å². The number of carbonyl (C=O) groups is 2. The van der Waals surface area contributed by atoms with E-state index in [1.807, 2.05) is 30.5 Å². The predicted octanol–water partition coefficient (Wildman–Crippen LogP) is 2.88. The van der Waals surface area contributed by atoms with Crippen molar-refractivity contribution in [3.05, 3.63) is 36.0 Å². The molecule has 1 fully saturated rings. The van der Waals surface area contributed by atoms with Crippen molar-refractivity contribution in [2.45, 2.75) is 57.7 Å². The summed E-state index contributed by atoms with van der Waals surface area (Å²) in [7, 11) is 0. The van der Waals surface area contributed by atoms with Gasteiger partial charge in [0, 0.05) is 29.6 Å². The number of ether oxygens (including phenoxy) is 1.